The van der Waals surface area contributed by atoms with E-state index < -0.39 is 6.10 Å². The number of aryl methyl sites for hydroxylation is 2. The van der Waals surface area contributed by atoms with Crippen molar-refractivity contribution in [3.05, 3.63) is 52.3 Å². The molecule has 0 bridgehead atoms. The Morgan fingerprint density at radius 1 is 1.41 bits per heavy atom. The number of halogens is 1. The molecule has 1 unspecified atom stereocenters. The van der Waals surface area contributed by atoms with Gasteiger partial charge in [-0.1, -0.05) is 17.7 Å². The predicted molar refractivity (Wildman–Crippen MR) is 68.2 cm³/mol. The van der Waals surface area contributed by atoms with Gasteiger partial charge in [-0.3, -0.25) is 4.68 Å². The van der Waals surface area contributed by atoms with Gasteiger partial charge < -0.3 is 5.11 Å². The maximum atomic E-state index is 10.3. The summed E-state index contributed by atoms with van der Waals surface area (Å²) in [5.41, 5.74) is 2.62. The lowest BCUT2D eigenvalue weighted by molar-refractivity contribution is 0.208. The molecular weight excluding hydrogens is 236 g/mol. The number of aliphatic hydroxyl groups is 1. The molecule has 0 aliphatic rings. The minimum Gasteiger partial charge on any atom is -0.382 e. The molecule has 17 heavy (non-hydrogen) atoms. The van der Waals surface area contributed by atoms with Crippen molar-refractivity contribution in [3.63, 3.8) is 0 Å². The number of aliphatic hydroxyl groups excluding tert-OH is 1. The van der Waals surface area contributed by atoms with E-state index in [0.717, 1.165) is 23.4 Å². The molecule has 1 aromatic heterocycles. The van der Waals surface area contributed by atoms with Crippen LogP contribution in [0.2, 0.25) is 5.02 Å². The van der Waals surface area contributed by atoms with Gasteiger partial charge in [0.25, 0.3) is 0 Å². The predicted octanol–water partition coefficient (Wildman–Crippen LogP) is 2.95. The third-order valence-electron chi connectivity index (χ3n) is 2.71. The fourth-order valence-electron chi connectivity index (χ4n) is 1.93. The SMILES string of the molecule is CCn1nccc1C(O)c1cc(C)cc(Cl)c1. The first-order valence-corrected chi connectivity index (χ1v) is 5.96. The van der Waals surface area contributed by atoms with Crippen LogP contribution < -0.4 is 0 Å². The molecule has 2 aromatic rings. The average Bonchev–Trinajstić information content (AvgIpc) is 2.74. The van der Waals surface area contributed by atoms with E-state index in [0.29, 0.717) is 5.02 Å². The second kappa shape index (κ2) is 4.90. The maximum Gasteiger partial charge on any atom is 0.121 e. The fraction of sp³-hybridized carbons (Fsp3) is 0.308. The molecule has 1 N–H and O–H groups in total. The third kappa shape index (κ3) is 2.51. The van der Waals surface area contributed by atoms with Crippen LogP contribution in [0.5, 0.6) is 0 Å². The largest absolute Gasteiger partial charge is 0.382 e. The number of hydrogen-bond acceptors (Lipinski definition) is 2. The molecule has 0 saturated carbocycles. The zero-order valence-electron chi connectivity index (χ0n) is 9.89. The Morgan fingerprint density at radius 3 is 2.82 bits per heavy atom. The Labute approximate surface area is 106 Å². The van der Waals surface area contributed by atoms with Crippen molar-refractivity contribution >= 4 is 11.6 Å². The molecule has 1 heterocycles. The van der Waals surface area contributed by atoms with Crippen molar-refractivity contribution < 1.29 is 5.11 Å². The fourth-order valence-corrected chi connectivity index (χ4v) is 2.23. The summed E-state index contributed by atoms with van der Waals surface area (Å²) in [5, 5.41) is 15.1. The van der Waals surface area contributed by atoms with Crippen LogP contribution >= 0.6 is 11.6 Å². The topological polar surface area (TPSA) is 38.0 Å². The molecule has 0 aliphatic heterocycles. The second-order valence-corrected chi connectivity index (χ2v) is 4.47. The van der Waals surface area contributed by atoms with Crippen molar-refractivity contribution in [2.75, 3.05) is 0 Å². The third-order valence-corrected chi connectivity index (χ3v) is 2.93. The Bertz CT molecular complexity index is 502. The van der Waals surface area contributed by atoms with Gasteiger partial charge in [-0.05, 0) is 43.2 Å². The summed E-state index contributed by atoms with van der Waals surface area (Å²) >= 11 is 6.00. The van der Waals surface area contributed by atoms with Crippen LogP contribution in [0.25, 0.3) is 0 Å². The van der Waals surface area contributed by atoms with Crippen LogP contribution in [0.1, 0.15) is 29.8 Å². The number of hydrogen-bond donors (Lipinski definition) is 1. The molecule has 0 amide bonds. The van der Waals surface area contributed by atoms with E-state index >= 15 is 0 Å². The van der Waals surface area contributed by atoms with E-state index in [1.807, 2.05) is 32.0 Å². The highest BCUT2D eigenvalue weighted by atomic mass is 35.5. The monoisotopic (exact) mass is 250 g/mol. The summed E-state index contributed by atoms with van der Waals surface area (Å²) in [4.78, 5) is 0. The summed E-state index contributed by atoms with van der Waals surface area (Å²) in [6, 6.07) is 7.41. The molecular formula is C13H15ClN2O. The van der Waals surface area contributed by atoms with E-state index in [1.165, 1.54) is 0 Å². The van der Waals surface area contributed by atoms with E-state index in [-0.39, 0.29) is 0 Å². The van der Waals surface area contributed by atoms with Gasteiger partial charge in [0.1, 0.15) is 6.10 Å². The smallest absolute Gasteiger partial charge is 0.121 e. The first-order chi connectivity index (χ1) is 8.11. The number of rotatable bonds is 3. The number of nitrogens with zero attached hydrogens (tertiary/aromatic N) is 2. The average molecular weight is 251 g/mol. The van der Waals surface area contributed by atoms with Gasteiger partial charge in [-0.15, -0.1) is 0 Å². The minimum absolute atomic E-state index is 0.640. The van der Waals surface area contributed by atoms with Crippen molar-refractivity contribution in [1.82, 2.24) is 9.78 Å². The zero-order chi connectivity index (χ0) is 12.4. The molecule has 0 spiro atoms. The highest BCUT2D eigenvalue weighted by Gasteiger charge is 2.15. The molecule has 1 aromatic carbocycles. The molecule has 0 saturated heterocycles. The van der Waals surface area contributed by atoms with Gasteiger partial charge in [0.05, 0.1) is 5.69 Å². The van der Waals surface area contributed by atoms with Crippen molar-refractivity contribution in [1.29, 1.82) is 0 Å². The number of aromatic nitrogens is 2. The van der Waals surface area contributed by atoms with Crippen LogP contribution in [-0.4, -0.2) is 14.9 Å². The van der Waals surface area contributed by atoms with Gasteiger partial charge in [0, 0.05) is 17.8 Å². The van der Waals surface area contributed by atoms with Gasteiger partial charge in [-0.2, -0.15) is 5.10 Å². The van der Waals surface area contributed by atoms with E-state index in [1.54, 1.807) is 16.9 Å². The van der Waals surface area contributed by atoms with Gasteiger partial charge in [0.2, 0.25) is 0 Å². The molecule has 2 rings (SSSR count). The van der Waals surface area contributed by atoms with Crippen molar-refractivity contribution in [3.8, 4) is 0 Å². The highest BCUT2D eigenvalue weighted by Crippen LogP contribution is 2.25. The first kappa shape index (κ1) is 12.1. The minimum atomic E-state index is -0.685. The summed E-state index contributed by atoms with van der Waals surface area (Å²) < 4.78 is 1.78. The lowest BCUT2D eigenvalue weighted by atomic mass is 10.0. The standard InChI is InChI=1S/C13H15ClN2O/c1-3-16-12(4-5-15-16)13(17)10-6-9(2)7-11(14)8-10/h4-8,13,17H,3H2,1-2H3. The Hall–Kier alpha value is -1.32. The van der Waals surface area contributed by atoms with E-state index in [2.05, 4.69) is 5.10 Å². The molecule has 0 aliphatic carbocycles. The van der Waals surface area contributed by atoms with Gasteiger partial charge in [0.15, 0.2) is 0 Å². The van der Waals surface area contributed by atoms with Crippen LogP contribution in [0.3, 0.4) is 0 Å². The molecule has 3 nitrogen and oxygen atoms in total. The van der Waals surface area contributed by atoms with Crippen LogP contribution in [0.15, 0.2) is 30.5 Å². The Morgan fingerprint density at radius 2 is 2.18 bits per heavy atom. The Balaban J connectivity index is 2.39. The molecule has 4 heteroatoms. The summed E-state index contributed by atoms with van der Waals surface area (Å²) in [6.45, 7) is 4.69. The maximum absolute atomic E-state index is 10.3. The quantitative estimate of drug-likeness (QED) is 0.910. The second-order valence-electron chi connectivity index (χ2n) is 4.04. The lowest BCUT2D eigenvalue weighted by Crippen LogP contribution is -2.09. The van der Waals surface area contributed by atoms with Gasteiger partial charge >= 0.3 is 0 Å². The van der Waals surface area contributed by atoms with Gasteiger partial charge in [-0.25, -0.2) is 0 Å². The Kier molecular flexibility index (Phi) is 3.50. The summed E-state index contributed by atoms with van der Waals surface area (Å²) in [7, 11) is 0. The number of benzene rings is 1. The molecule has 0 radical (unpaired) electrons. The molecule has 90 valence electrons. The molecule has 0 fully saturated rings. The van der Waals surface area contributed by atoms with E-state index in [4.69, 9.17) is 11.6 Å². The van der Waals surface area contributed by atoms with Crippen molar-refractivity contribution in [2.45, 2.75) is 26.5 Å². The summed E-state index contributed by atoms with van der Waals surface area (Å²) in [6.07, 6.45) is 1.01. The highest BCUT2D eigenvalue weighted by molar-refractivity contribution is 6.30. The van der Waals surface area contributed by atoms with Crippen LogP contribution in [-0.2, 0) is 6.54 Å². The first-order valence-electron chi connectivity index (χ1n) is 5.58. The van der Waals surface area contributed by atoms with Crippen LogP contribution in [0.4, 0.5) is 0 Å². The lowest BCUT2D eigenvalue weighted by Gasteiger charge is -2.13. The zero-order valence-corrected chi connectivity index (χ0v) is 10.6. The van der Waals surface area contributed by atoms with Crippen molar-refractivity contribution in [2.24, 2.45) is 0 Å². The van der Waals surface area contributed by atoms with E-state index in [9.17, 15) is 5.11 Å². The summed E-state index contributed by atoms with van der Waals surface area (Å²) in [5.74, 6) is 0. The molecule has 1 atom stereocenters. The van der Waals surface area contributed by atoms with Crippen LogP contribution in [0, 0.1) is 6.92 Å². The normalized spacial score (nSPS) is 12.7.